The van der Waals surface area contributed by atoms with E-state index in [0.717, 1.165) is 34.9 Å². The first-order valence-corrected chi connectivity index (χ1v) is 8.60. The van der Waals surface area contributed by atoms with Gasteiger partial charge in [-0.25, -0.2) is 4.39 Å². The lowest BCUT2D eigenvalue weighted by atomic mass is 10.1. The summed E-state index contributed by atoms with van der Waals surface area (Å²) in [4.78, 5) is 2.38. The highest BCUT2D eigenvalue weighted by Crippen LogP contribution is 2.44. The Kier molecular flexibility index (Phi) is 4.41. The molecule has 1 nitrogen and oxygen atoms in total. The predicted molar refractivity (Wildman–Crippen MR) is 88.2 cm³/mol. The van der Waals surface area contributed by atoms with Crippen LogP contribution in [0, 0.1) is 18.7 Å². The minimum absolute atomic E-state index is 0.118. The summed E-state index contributed by atoms with van der Waals surface area (Å²) < 4.78 is 14.1. The van der Waals surface area contributed by atoms with E-state index in [0.29, 0.717) is 6.04 Å². The molecule has 1 N–H and O–H groups in total. The van der Waals surface area contributed by atoms with Crippen LogP contribution in [-0.4, -0.2) is 6.54 Å². The molecule has 1 saturated carbocycles. The van der Waals surface area contributed by atoms with Gasteiger partial charge in [-0.2, -0.15) is 0 Å². The van der Waals surface area contributed by atoms with Crippen molar-refractivity contribution in [3.05, 3.63) is 46.6 Å². The van der Waals surface area contributed by atoms with Crippen LogP contribution in [-0.2, 0) is 0 Å². The van der Waals surface area contributed by atoms with Crippen LogP contribution in [0.1, 0.15) is 42.7 Å². The SMILES string of the molecule is CCCNC(c1ccc(-c2ccc(C)cc2F)s1)C1CC1. The molecule has 112 valence electrons. The van der Waals surface area contributed by atoms with E-state index in [9.17, 15) is 4.39 Å². The first-order valence-electron chi connectivity index (χ1n) is 7.78. The highest BCUT2D eigenvalue weighted by molar-refractivity contribution is 7.15. The Balaban J connectivity index is 1.84. The third-order valence-electron chi connectivity index (χ3n) is 4.03. The number of rotatable bonds is 6. The Hall–Kier alpha value is -1.19. The van der Waals surface area contributed by atoms with E-state index in [1.807, 2.05) is 19.1 Å². The third kappa shape index (κ3) is 3.35. The number of halogens is 1. The maximum atomic E-state index is 14.1. The fraction of sp³-hybridized carbons (Fsp3) is 0.444. The molecule has 1 aliphatic carbocycles. The van der Waals surface area contributed by atoms with Crippen molar-refractivity contribution in [2.75, 3.05) is 6.54 Å². The second-order valence-corrected chi connectivity index (χ2v) is 7.07. The monoisotopic (exact) mass is 303 g/mol. The second-order valence-electron chi connectivity index (χ2n) is 5.95. The predicted octanol–water partition coefficient (Wildman–Crippen LogP) is 5.31. The van der Waals surface area contributed by atoms with Gasteiger partial charge in [0.1, 0.15) is 5.82 Å². The number of hydrogen-bond acceptors (Lipinski definition) is 2. The van der Waals surface area contributed by atoms with Crippen LogP contribution in [0.3, 0.4) is 0 Å². The quantitative estimate of drug-likeness (QED) is 0.762. The van der Waals surface area contributed by atoms with Crippen molar-refractivity contribution >= 4 is 11.3 Å². The molecule has 21 heavy (non-hydrogen) atoms. The van der Waals surface area contributed by atoms with Crippen LogP contribution >= 0.6 is 11.3 Å². The molecule has 0 amide bonds. The van der Waals surface area contributed by atoms with E-state index in [1.165, 1.54) is 17.7 Å². The Morgan fingerprint density at radius 3 is 2.76 bits per heavy atom. The number of nitrogens with one attached hydrogen (secondary N) is 1. The molecule has 0 saturated heterocycles. The highest BCUT2D eigenvalue weighted by Gasteiger charge is 2.32. The smallest absolute Gasteiger partial charge is 0.132 e. The molecule has 1 aromatic heterocycles. The van der Waals surface area contributed by atoms with E-state index in [1.54, 1.807) is 17.4 Å². The molecule has 1 atom stereocenters. The van der Waals surface area contributed by atoms with Crippen molar-refractivity contribution in [2.45, 2.75) is 39.2 Å². The maximum Gasteiger partial charge on any atom is 0.132 e. The standard InChI is InChI=1S/C18H22FNS/c1-3-10-20-18(13-5-6-13)17-9-8-16(21-17)14-7-4-12(2)11-15(14)19/h4,7-9,11,13,18,20H,3,5-6,10H2,1-2H3. The van der Waals surface area contributed by atoms with Crippen LogP contribution < -0.4 is 5.32 Å². The molecule has 0 bridgehead atoms. The normalized spacial score (nSPS) is 16.1. The summed E-state index contributed by atoms with van der Waals surface area (Å²) in [5.74, 6) is 0.652. The molecular weight excluding hydrogens is 281 g/mol. The molecule has 1 heterocycles. The van der Waals surface area contributed by atoms with Crippen LogP contribution in [0.25, 0.3) is 10.4 Å². The Bertz CT molecular complexity index is 615. The van der Waals surface area contributed by atoms with Crippen molar-refractivity contribution in [1.82, 2.24) is 5.32 Å². The summed E-state index contributed by atoms with van der Waals surface area (Å²) >= 11 is 1.73. The van der Waals surface area contributed by atoms with Gasteiger partial charge < -0.3 is 5.32 Å². The number of thiophene rings is 1. The molecule has 1 aliphatic rings. The number of benzene rings is 1. The molecule has 3 rings (SSSR count). The van der Waals surface area contributed by atoms with Crippen LogP contribution in [0.2, 0.25) is 0 Å². The molecule has 1 aromatic carbocycles. The Morgan fingerprint density at radius 1 is 1.29 bits per heavy atom. The first-order chi connectivity index (χ1) is 10.2. The molecule has 0 radical (unpaired) electrons. The second kappa shape index (κ2) is 6.29. The van der Waals surface area contributed by atoms with Crippen LogP contribution in [0.5, 0.6) is 0 Å². The van der Waals surface area contributed by atoms with Gasteiger partial charge in [0, 0.05) is 21.4 Å². The summed E-state index contributed by atoms with van der Waals surface area (Å²) in [5.41, 5.74) is 1.69. The van der Waals surface area contributed by atoms with Gasteiger partial charge >= 0.3 is 0 Å². The molecule has 3 heteroatoms. The molecule has 1 fully saturated rings. The average Bonchev–Trinajstić information content (AvgIpc) is 3.18. The fourth-order valence-electron chi connectivity index (χ4n) is 2.71. The Labute approximate surface area is 130 Å². The summed E-state index contributed by atoms with van der Waals surface area (Å²) in [6, 6.07) is 10.2. The third-order valence-corrected chi connectivity index (χ3v) is 5.23. The highest BCUT2D eigenvalue weighted by atomic mass is 32.1. The zero-order valence-electron chi connectivity index (χ0n) is 12.7. The lowest BCUT2D eigenvalue weighted by molar-refractivity contribution is 0.488. The van der Waals surface area contributed by atoms with E-state index >= 15 is 0 Å². The van der Waals surface area contributed by atoms with E-state index in [-0.39, 0.29) is 5.82 Å². The van der Waals surface area contributed by atoms with Gasteiger partial charge in [0.2, 0.25) is 0 Å². The summed E-state index contributed by atoms with van der Waals surface area (Å²) in [7, 11) is 0. The Morgan fingerprint density at radius 2 is 2.10 bits per heavy atom. The van der Waals surface area contributed by atoms with Crippen molar-refractivity contribution in [3.63, 3.8) is 0 Å². The van der Waals surface area contributed by atoms with Gasteiger partial charge in [0.15, 0.2) is 0 Å². The molecule has 2 aromatic rings. The van der Waals surface area contributed by atoms with Crippen molar-refractivity contribution in [2.24, 2.45) is 5.92 Å². The summed E-state index contributed by atoms with van der Waals surface area (Å²) in [6.07, 6.45) is 3.77. The zero-order valence-corrected chi connectivity index (χ0v) is 13.5. The largest absolute Gasteiger partial charge is 0.309 e. The first kappa shape index (κ1) is 14.7. The molecule has 0 aliphatic heterocycles. The lowest BCUT2D eigenvalue weighted by Gasteiger charge is -2.16. The van der Waals surface area contributed by atoms with Gasteiger partial charge in [-0.15, -0.1) is 11.3 Å². The lowest BCUT2D eigenvalue weighted by Crippen LogP contribution is -2.22. The van der Waals surface area contributed by atoms with Gasteiger partial charge in [-0.05, 0) is 62.4 Å². The van der Waals surface area contributed by atoms with Crippen molar-refractivity contribution in [1.29, 1.82) is 0 Å². The molecule has 0 spiro atoms. The van der Waals surface area contributed by atoms with Gasteiger partial charge in [0.25, 0.3) is 0 Å². The topological polar surface area (TPSA) is 12.0 Å². The number of hydrogen-bond donors (Lipinski definition) is 1. The summed E-state index contributed by atoms with van der Waals surface area (Å²) in [5, 5.41) is 3.65. The molecule has 1 unspecified atom stereocenters. The van der Waals surface area contributed by atoms with Gasteiger partial charge in [-0.1, -0.05) is 19.1 Å². The van der Waals surface area contributed by atoms with Crippen molar-refractivity contribution < 1.29 is 4.39 Å². The minimum atomic E-state index is -0.118. The molecular formula is C18H22FNS. The zero-order chi connectivity index (χ0) is 14.8. The minimum Gasteiger partial charge on any atom is -0.309 e. The van der Waals surface area contributed by atoms with E-state index in [4.69, 9.17) is 0 Å². The number of aryl methyl sites for hydroxylation is 1. The summed E-state index contributed by atoms with van der Waals surface area (Å²) in [6.45, 7) is 5.16. The van der Waals surface area contributed by atoms with E-state index in [2.05, 4.69) is 24.4 Å². The van der Waals surface area contributed by atoms with E-state index < -0.39 is 0 Å². The van der Waals surface area contributed by atoms with Crippen LogP contribution in [0.4, 0.5) is 4.39 Å². The average molecular weight is 303 g/mol. The fourth-order valence-corrected chi connectivity index (χ4v) is 3.92. The van der Waals surface area contributed by atoms with Crippen molar-refractivity contribution in [3.8, 4) is 10.4 Å². The van der Waals surface area contributed by atoms with Crippen LogP contribution in [0.15, 0.2) is 30.3 Å². The van der Waals surface area contributed by atoms with Gasteiger partial charge in [0.05, 0.1) is 0 Å². The van der Waals surface area contributed by atoms with Gasteiger partial charge in [-0.3, -0.25) is 0 Å². The maximum absolute atomic E-state index is 14.1.